The Bertz CT molecular complexity index is 1110. The molecule has 2 aromatic heterocycles. The summed E-state index contributed by atoms with van der Waals surface area (Å²) in [6.45, 7) is 1.93. The molecule has 0 aliphatic carbocycles. The minimum atomic E-state index is -4.55. The molecule has 0 unspecified atom stereocenters. The van der Waals surface area contributed by atoms with Crippen LogP contribution in [0.1, 0.15) is 11.3 Å². The largest absolute Gasteiger partial charge is 0.497 e. The van der Waals surface area contributed by atoms with Crippen molar-refractivity contribution in [1.82, 2.24) is 14.8 Å². The van der Waals surface area contributed by atoms with E-state index in [0.29, 0.717) is 16.8 Å². The van der Waals surface area contributed by atoms with Crippen molar-refractivity contribution < 1.29 is 17.9 Å². The van der Waals surface area contributed by atoms with Gasteiger partial charge >= 0.3 is 6.18 Å². The lowest BCUT2D eigenvalue weighted by atomic mass is 10.1. The second-order valence-corrected chi connectivity index (χ2v) is 7.03. The molecule has 0 amide bonds. The molecule has 0 atom stereocenters. The van der Waals surface area contributed by atoms with E-state index in [0.717, 1.165) is 21.0 Å². The number of alkyl halides is 3. The molecule has 0 N–H and O–H groups in total. The standard InChI is InChI=1S/C19H14F3N3OS/c1-11-3-8-14-16(9-11)27-18(23-14)25-17(19(20,21)22)10-15(24-25)12-4-6-13(26-2)7-5-12/h3-10H,1-2H3. The van der Waals surface area contributed by atoms with Gasteiger partial charge in [0.1, 0.15) is 5.75 Å². The molecule has 0 bridgehead atoms. The number of aromatic nitrogens is 3. The van der Waals surface area contributed by atoms with Crippen LogP contribution in [0.4, 0.5) is 13.2 Å². The summed E-state index contributed by atoms with van der Waals surface area (Å²) < 4.78 is 47.6. The number of rotatable bonds is 3. The predicted octanol–water partition coefficient (Wildman–Crippen LogP) is 5.48. The van der Waals surface area contributed by atoms with E-state index in [1.807, 2.05) is 19.1 Å². The Hall–Kier alpha value is -2.87. The molecule has 0 saturated carbocycles. The van der Waals surface area contributed by atoms with Crippen molar-refractivity contribution >= 4 is 21.6 Å². The van der Waals surface area contributed by atoms with Crippen molar-refractivity contribution in [2.75, 3.05) is 7.11 Å². The van der Waals surface area contributed by atoms with Crippen LogP contribution in [0.15, 0.2) is 48.5 Å². The van der Waals surface area contributed by atoms with Gasteiger partial charge in [0.15, 0.2) is 5.69 Å². The highest BCUT2D eigenvalue weighted by Gasteiger charge is 2.37. The van der Waals surface area contributed by atoms with E-state index in [2.05, 4.69) is 10.1 Å². The van der Waals surface area contributed by atoms with Gasteiger partial charge in [0, 0.05) is 5.56 Å². The maximum atomic E-state index is 13.6. The van der Waals surface area contributed by atoms with Gasteiger partial charge in [-0.05, 0) is 55.0 Å². The van der Waals surface area contributed by atoms with Gasteiger partial charge in [-0.2, -0.15) is 18.3 Å². The molecule has 0 fully saturated rings. The van der Waals surface area contributed by atoms with Crippen LogP contribution in [0.25, 0.3) is 26.6 Å². The van der Waals surface area contributed by atoms with Gasteiger partial charge in [-0.15, -0.1) is 0 Å². The lowest BCUT2D eigenvalue weighted by molar-refractivity contribution is -0.142. The number of hydrogen-bond donors (Lipinski definition) is 0. The van der Waals surface area contributed by atoms with E-state index in [9.17, 15) is 13.2 Å². The Morgan fingerprint density at radius 3 is 2.44 bits per heavy atom. The number of hydrogen-bond acceptors (Lipinski definition) is 4. The molecular formula is C19H14F3N3OS. The molecule has 4 aromatic rings. The summed E-state index contributed by atoms with van der Waals surface area (Å²) in [7, 11) is 1.53. The second kappa shape index (κ2) is 6.38. The van der Waals surface area contributed by atoms with Crippen molar-refractivity contribution in [3.8, 4) is 22.1 Å². The fourth-order valence-corrected chi connectivity index (χ4v) is 3.77. The van der Waals surface area contributed by atoms with Crippen LogP contribution in [0.3, 0.4) is 0 Å². The number of thiazole rings is 1. The predicted molar refractivity (Wildman–Crippen MR) is 98.5 cm³/mol. The minimum Gasteiger partial charge on any atom is -0.497 e. The van der Waals surface area contributed by atoms with Crippen LogP contribution in [0, 0.1) is 6.92 Å². The zero-order valence-electron chi connectivity index (χ0n) is 14.4. The Kier molecular flexibility index (Phi) is 4.15. The molecule has 0 saturated heterocycles. The zero-order valence-corrected chi connectivity index (χ0v) is 15.2. The molecule has 2 aromatic carbocycles. The Balaban J connectivity index is 1.86. The van der Waals surface area contributed by atoms with E-state index >= 15 is 0 Å². The smallest absolute Gasteiger partial charge is 0.433 e. The third-order valence-corrected chi connectivity index (χ3v) is 5.09. The topological polar surface area (TPSA) is 39.9 Å². The van der Waals surface area contributed by atoms with Crippen LogP contribution >= 0.6 is 11.3 Å². The highest BCUT2D eigenvalue weighted by Crippen LogP contribution is 2.36. The number of ether oxygens (including phenoxy) is 1. The van der Waals surface area contributed by atoms with Crippen LogP contribution in [0.5, 0.6) is 5.75 Å². The summed E-state index contributed by atoms with van der Waals surface area (Å²) in [6, 6.07) is 13.3. The van der Waals surface area contributed by atoms with Crippen LogP contribution in [0.2, 0.25) is 0 Å². The van der Waals surface area contributed by atoms with E-state index in [4.69, 9.17) is 4.74 Å². The Labute approximate surface area is 156 Å². The van der Waals surface area contributed by atoms with Crippen molar-refractivity contribution in [3.05, 3.63) is 59.8 Å². The average Bonchev–Trinajstić information content (AvgIpc) is 3.25. The summed E-state index contributed by atoms with van der Waals surface area (Å²) >= 11 is 1.18. The normalized spacial score (nSPS) is 11.9. The van der Waals surface area contributed by atoms with Crippen molar-refractivity contribution in [2.24, 2.45) is 0 Å². The fraction of sp³-hybridized carbons (Fsp3) is 0.158. The number of nitrogens with zero attached hydrogens (tertiary/aromatic N) is 3. The molecule has 0 aliphatic heterocycles. The summed E-state index contributed by atoms with van der Waals surface area (Å²) in [5, 5.41) is 4.38. The zero-order chi connectivity index (χ0) is 19.2. The maximum Gasteiger partial charge on any atom is 0.433 e. The minimum absolute atomic E-state index is 0.183. The van der Waals surface area contributed by atoms with Gasteiger partial charge < -0.3 is 4.74 Å². The van der Waals surface area contributed by atoms with Gasteiger partial charge in [0.05, 0.1) is 23.0 Å². The van der Waals surface area contributed by atoms with Gasteiger partial charge in [0.25, 0.3) is 0 Å². The average molecular weight is 389 g/mol. The summed E-state index contributed by atoms with van der Waals surface area (Å²) in [6.07, 6.45) is -4.55. The Morgan fingerprint density at radius 1 is 1.04 bits per heavy atom. The highest BCUT2D eigenvalue weighted by atomic mass is 32.1. The molecular weight excluding hydrogens is 375 g/mol. The number of fused-ring (bicyclic) bond motifs is 1. The molecule has 138 valence electrons. The Morgan fingerprint density at radius 2 is 1.78 bits per heavy atom. The molecule has 0 spiro atoms. The van der Waals surface area contributed by atoms with Gasteiger partial charge in [-0.1, -0.05) is 17.4 Å². The molecule has 0 aliphatic rings. The first-order chi connectivity index (χ1) is 12.8. The number of methoxy groups -OCH3 is 1. The van der Waals surface area contributed by atoms with Crippen molar-refractivity contribution in [2.45, 2.75) is 13.1 Å². The van der Waals surface area contributed by atoms with E-state index < -0.39 is 11.9 Å². The van der Waals surface area contributed by atoms with Crippen molar-refractivity contribution in [1.29, 1.82) is 0 Å². The third-order valence-electron chi connectivity index (χ3n) is 4.10. The molecule has 2 heterocycles. The lowest BCUT2D eigenvalue weighted by Gasteiger charge is -2.06. The second-order valence-electron chi connectivity index (χ2n) is 6.02. The molecule has 0 radical (unpaired) electrons. The van der Waals surface area contributed by atoms with E-state index in [1.165, 1.54) is 18.4 Å². The van der Waals surface area contributed by atoms with Gasteiger partial charge in [-0.25, -0.2) is 9.67 Å². The fourth-order valence-electron chi connectivity index (χ4n) is 2.74. The summed E-state index contributed by atoms with van der Waals surface area (Å²) in [4.78, 5) is 4.33. The number of benzene rings is 2. The maximum absolute atomic E-state index is 13.6. The first kappa shape index (κ1) is 17.5. The quantitative estimate of drug-likeness (QED) is 0.465. The SMILES string of the molecule is COc1ccc(-c2cc(C(F)(F)F)n(-c3nc4ccc(C)cc4s3)n2)cc1. The van der Waals surface area contributed by atoms with Gasteiger partial charge in [-0.3, -0.25) is 0 Å². The number of halogens is 3. The summed E-state index contributed by atoms with van der Waals surface area (Å²) in [5.41, 5.74) is 1.60. The monoisotopic (exact) mass is 389 g/mol. The van der Waals surface area contributed by atoms with E-state index in [-0.39, 0.29) is 10.8 Å². The first-order valence-electron chi connectivity index (χ1n) is 8.04. The van der Waals surface area contributed by atoms with E-state index in [1.54, 1.807) is 30.3 Å². The van der Waals surface area contributed by atoms with Crippen LogP contribution < -0.4 is 4.74 Å². The van der Waals surface area contributed by atoms with Gasteiger partial charge in [0.2, 0.25) is 5.13 Å². The number of aryl methyl sites for hydroxylation is 1. The van der Waals surface area contributed by atoms with Crippen LogP contribution in [-0.4, -0.2) is 21.9 Å². The third kappa shape index (κ3) is 3.28. The highest BCUT2D eigenvalue weighted by molar-refractivity contribution is 7.20. The van der Waals surface area contributed by atoms with Crippen molar-refractivity contribution in [3.63, 3.8) is 0 Å². The lowest BCUT2D eigenvalue weighted by Crippen LogP contribution is -2.12. The molecule has 4 nitrogen and oxygen atoms in total. The first-order valence-corrected chi connectivity index (χ1v) is 8.86. The van der Waals surface area contributed by atoms with Crippen LogP contribution in [-0.2, 0) is 6.18 Å². The molecule has 8 heteroatoms. The molecule has 27 heavy (non-hydrogen) atoms. The summed E-state index contributed by atoms with van der Waals surface area (Å²) in [5.74, 6) is 0.621. The molecule has 4 rings (SSSR count).